The van der Waals surface area contributed by atoms with Crippen molar-refractivity contribution in [2.24, 2.45) is 5.92 Å². The van der Waals surface area contributed by atoms with Crippen LogP contribution in [-0.4, -0.2) is 20.9 Å². The summed E-state index contributed by atoms with van der Waals surface area (Å²) >= 11 is 0. The number of sulfonamides is 1. The van der Waals surface area contributed by atoms with Crippen LogP contribution in [0.4, 0.5) is 0 Å². The molecule has 0 aliphatic heterocycles. The Labute approximate surface area is 168 Å². The van der Waals surface area contributed by atoms with E-state index in [2.05, 4.69) is 62.0 Å². The first-order chi connectivity index (χ1) is 13.2. The van der Waals surface area contributed by atoms with Crippen molar-refractivity contribution in [1.82, 2.24) is 10.0 Å². The molecule has 0 spiro atoms. The van der Waals surface area contributed by atoms with Gasteiger partial charge in [-0.3, -0.25) is 4.79 Å². The second-order valence-electron chi connectivity index (χ2n) is 7.57. The highest BCUT2D eigenvalue weighted by atomic mass is 32.2. The molecule has 2 N–H and O–H groups in total. The van der Waals surface area contributed by atoms with Crippen molar-refractivity contribution in [1.29, 1.82) is 0 Å². The third kappa shape index (κ3) is 6.17. The summed E-state index contributed by atoms with van der Waals surface area (Å²) in [5, 5.41) is 3.03. The molecule has 0 heterocycles. The van der Waals surface area contributed by atoms with Gasteiger partial charge in [-0.1, -0.05) is 70.2 Å². The van der Waals surface area contributed by atoms with Crippen molar-refractivity contribution in [3.05, 3.63) is 65.7 Å². The van der Waals surface area contributed by atoms with E-state index in [1.807, 2.05) is 0 Å². The van der Waals surface area contributed by atoms with Crippen molar-refractivity contribution in [2.75, 3.05) is 6.54 Å². The summed E-state index contributed by atoms with van der Waals surface area (Å²) in [5.41, 5.74) is 2.31. The van der Waals surface area contributed by atoms with E-state index in [1.165, 1.54) is 17.7 Å². The molecular weight excluding hydrogens is 372 g/mol. The summed E-state index contributed by atoms with van der Waals surface area (Å²) in [4.78, 5) is 12.6. The molecule has 0 radical (unpaired) electrons. The Balaban J connectivity index is 1.94. The minimum absolute atomic E-state index is 0.0557. The van der Waals surface area contributed by atoms with Crippen molar-refractivity contribution in [2.45, 2.75) is 51.0 Å². The average molecular weight is 403 g/mol. The van der Waals surface area contributed by atoms with E-state index >= 15 is 0 Å². The van der Waals surface area contributed by atoms with Crippen molar-refractivity contribution in [3.63, 3.8) is 0 Å². The maximum absolute atomic E-state index is 12.4. The van der Waals surface area contributed by atoms with Gasteiger partial charge in [0.1, 0.15) is 0 Å². The summed E-state index contributed by atoms with van der Waals surface area (Å²) < 4.78 is 26.9. The molecule has 0 aromatic heterocycles. The third-order valence-electron chi connectivity index (χ3n) is 4.64. The zero-order chi connectivity index (χ0) is 20.7. The van der Waals surface area contributed by atoms with Gasteiger partial charge in [0.15, 0.2) is 0 Å². The van der Waals surface area contributed by atoms with Crippen LogP contribution in [0.15, 0.2) is 59.5 Å². The van der Waals surface area contributed by atoms with E-state index in [4.69, 9.17) is 0 Å². The van der Waals surface area contributed by atoms with Crippen LogP contribution in [-0.2, 0) is 14.8 Å². The summed E-state index contributed by atoms with van der Waals surface area (Å²) in [7, 11) is -3.60. The minimum Gasteiger partial charge on any atom is -0.349 e. The highest BCUT2D eigenvalue weighted by Gasteiger charge is 2.19. The first-order valence-corrected chi connectivity index (χ1v) is 11.1. The molecule has 5 nitrogen and oxygen atoms in total. The smallest absolute Gasteiger partial charge is 0.240 e. The van der Waals surface area contributed by atoms with Crippen molar-refractivity contribution in [3.8, 4) is 0 Å². The Bertz CT molecular complexity index is 860. The van der Waals surface area contributed by atoms with Crippen LogP contribution in [0, 0.1) is 5.92 Å². The zero-order valence-corrected chi connectivity index (χ0v) is 17.8. The number of amides is 1. The molecule has 0 saturated heterocycles. The van der Waals surface area contributed by atoms with Gasteiger partial charge in [-0.25, -0.2) is 13.1 Å². The maximum atomic E-state index is 12.4. The van der Waals surface area contributed by atoms with Gasteiger partial charge in [-0.05, 0) is 35.1 Å². The number of hydrogen-bond acceptors (Lipinski definition) is 3. The van der Waals surface area contributed by atoms with E-state index in [-0.39, 0.29) is 35.7 Å². The van der Waals surface area contributed by atoms with Crippen LogP contribution in [0.1, 0.15) is 57.2 Å². The fourth-order valence-corrected chi connectivity index (χ4v) is 4.00. The fraction of sp³-hybridized carbons (Fsp3) is 0.409. The fourth-order valence-electron chi connectivity index (χ4n) is 2.95. The first kappa shape index (κ1) is 22.1. The molecule has 28 heavy (non-hydrogen) atoms. The lowest BCUT2D eigenvalue weighted by Crippen LogP contribution is -2.34. The second-order valence-corrected chi connectivity index (χ2v) is 9.34. The Morgan fingerprint density at radius 3 is 2.00 bits per heavy atom. The first-order valence-electron chi connectivity index (χ1n) is 9.64. The van der Waals surface area contributed by atoms with Gasteiger partial charge >= 0.3 is 0 Å². The Hall–Kier alpha value is -2.18. The van der Waals surface area contributed by atoms with Crippen LogP contribution >= 0.6 is 0 Å². The minimum atomic E-state index is -3.60. The molecule has 6 heteroatoms. The summed E-state index contributed by atoms with van der Waals surface area (Å²) in [6.45, 7) is 8.46. The summed E-state index contributed by atoms with van der Waals surface area (Å²) in [5.74, 6) is 0.496. The predicted molar refractivity (Wildman–Crippen MR) is 113 cm³/mol. The van der Waals surface area contributed by atoms with Crippen LogP contribution in [0.25, 0.3) is 0 Å². The van der Waals surface area contributed by atoms with Gasteiger partial charge in [0, 0.05) is 13.0 Å². The molecule has 2 aromatic rings. The standard InChI is InChI=1S/C22H30N2O3S/c1-16(2)18-10-12-19(13-11-18)22(17(3)4)24-21(25)14-15-23-28(26,27)20-8-6-5-7-9-20/h5-13,16-17,22-23H,14-15H2,1-4H3,(H,24,25). The number of rotatable bonds is 9. The largest absolute Gasteiger partial charge is 0.349 e. The summed E-state index contributed by atoms with van der Waals surface area (Å²) in [6.07, 6.45) is 0.0827. The van der Waals surface area contributed by atoms with Gasteiger partial charge in [-0.2, -0.15) is 0 Å². The molecule has 0 aliphatic carbocycles. The lowest BCUT2D eigenvalue weighted by atomic mass is 9.93. The molecule has 1 atom stereocenters. The van der Waals surface area contributed by atoms with Crippen LogP contribution in [0.5, 0.6) is 0 Å². The van der Waals surface area contributed by atoms with Crippen LogP contribution < -0.4 is 10.0 Å². The van der Waals surface area contributed by atoms with Crippen molar-refractivity contribution >= 4 is 15.9 Å². The molecule has 0 aliphatic rings. The van der Waals surface area contributed by atoms with Gasteiger partial charge < -0.3 is 5.32 Å². The van der Waals surface area contributed by atoms with Crippen molar-refractivity contribution < 1.29 is 13.2 Å². The van der Waals surface area contributed by atoms with Crippen LogP contribution in [0.2, 0.25) is 0 Å². The van der Waals surface area contributed by atoms with E-state index in [1.54, 1.807) is 18.2 Å². The quantitative estimate of drug-likeness (QED) is 0.666. The molecular formula is C22H30N2O3S. The normalized spacial score (nSPS) is 12.9. The lowest BCUT2D eigenvalue weighted by molar-refractivity contribution is -0.122. The van der Waals surface area contributed by atoms with E-state index in [0.717, 1.165) is 5.56 Å². The number of nitrogens with one attached hydrogen (secondary N) is 2. The number of carbonyl (C=O) groups is 1. The molecule has 0 saturated carbocycles. The maximum Gasteiger partial charge on any atom is 0.240 e. The van der Waals surface area contributed by atoms with E-state index in [0.29, 0.717) is 5.92 Å². The number of benzene rings is 2. The van der Waals surface area contributed by atoms with Gasteiger partial charge in [-0.15, -0.1) is 0 Å². The van der Waals surface area contributed by atoms with Crippen LogP contribution in [0.3, 0.4) is 0 Å². The molecule has 1 unspecified atom stereocenters. The highest BCUT2D eigenvalue weighted by Crippen LogP contribution is 2.24. The topological polar surface area (TPSA) is 75.3 Å². The van der Waals surface area contributed by atoms with Gasteiger partial charge in [0.25, 0.3) is 0 Å². The van der Waals surface area contributed by atoms with Gasteiger partial charge in [0.2, 0.25) is 15.9 Å². The number of carbonyl (C=O) groups excluding carboxylic acids is 1. The highest BCUT2D eigenvalue weighted by molar-refractivity contribution is 7.89. The molecule has 2 rings (SSSR count). The molecule has 0 fully saturated rings. The molecule has 2 aromatic carbocycles. The SMILES string of the molecule is CC(C)c1ccc(C(NC(=O)CCNS(=O)(=O)c2ccccc2)C(C)C)cc1. The number of hydrogen-bond donors (Lipinski definition) is 2. The Kier molecular flexibility index (Phi) is 7.78. The molecule has 0 bridgehead atoms. The Morgan fingerprint density at radius 1 is 0.893 bits per heavy atom. The Morgan fingerprint density at radius 2 is 1.46 bits per heavy atom. The average Bonchev–Trinajstić information content (AvgIpc) is 2.66. The monoisotopic (exact) mass is 402 g/mol. The zero-order valence-electron chi connectivity index (χ0n) is 17.0. The third-order valence-corrected chi connectivity index (χ3v) is 6.12. The molecule has 152 valence electrons. The summed E-state index contributed by atoms with van der Waals surface area (Å²) in [6, 6.07) is 16.3. The van der Waals surface area contributed by atoms with Gasteiger partial charge in [0.05, 0.1) is 10.9 Å². The lowest BCUT2D eigenvalue weighted by Gasteiger charge is -2.23. The predicted octanol–water partition coefficient (Wildman–Crippen LogP) is 3.99. The van der Waals surface area contributed by atoms with E-state index < -0.39 is 10.0 Å². The van der Waals surface area contributed by atoms with E-state index in [9.17, 15) is 13.2 Å². The second kappa shape index (κ2) is 9.85. The molecule has 1 amide bonds.